The highest BCUT2D eigenvalue weighted by Gasteiger charge is 2.69. The van der Waals surface area contributed by atoms with Crippen molar-refractivity contribution >= 4 is 34.7 Å². The van der Waals surface area contributed by atoms with Crippen LogP contribution in [0.2, 0.25) is 0 Å². The molecule has 0 unspecified atom stereocenters. The van der Waals surface area contributed by atoms with E-state index >= 15 is 0 Å². The van der Waals surface area contributed by atoms with Gasteiger partial charge in [-0.3, -0.25) is 28.8 Å². The van der Waals surface area contributed by atoms with Gasteiger partial charge in [-0.25, -0.2) is 0 Å². The fourth-order valence-corrected chi connectivity index (χ4v) is 5.56. The minimum atomic E-state index is -2.10. The summed E-state index contributed by atoms with van der Waals surface area (Å²) in [7, 11) is 2.43. The van der Waals surface area contributed by atoms with Gasteiger partial charge in [0.1, 0.15) is 0 Å². The van der Waals surface area contributed by atoms with Gasteiger partial charge in [0.2, 0.25) is 11.6 Å². The summed E-state index contributed by atoms with van der Waals surface area (Å²) >= 11 is 0. The molecular weight excluding hydrogens is 488 g/mol. The number of ketones is 6. The van der Waals surface area contributed by atoms with E-state index in [1.807, 2.05) is 0 Å². The first kappa shape index (κ1) is 28.4. The Kier molecular flexibility index (Phi) is 8.25. The number of hydrogen-bond acceptors (Lipinski definition) is 8. The van der Waals surface area contributed by atoms with Crippen LogP contribution < -0.4 is 0 Å². The molecule has 0 N–H and O–H groups in total. The van der Waals surface area contributed by atoms with Crippen LogP contribution >= 0.6 is 0 Å². The van der Waals surface area contributed by atoms with Crippen molar-refractivity contribution in [2.24, 2.45) is 17.3 Å². The predicted molar refractivity (Wildman–Crippen MR) is 138 cm³/mol. The van der Waals surface area contributed by atoms with Crippen LogP contribution in [0.15, 0.2) is 82.4 Å². The fraction of sp³-hybridized carbons (Fsp3) is 0.333. The second-order valence-electron chi connectivity index (χ2n) is 9.20. The summed E-state index contributed by atoms with van der Waals surface area (Å²) in [6, 6.07) is 0. The highest BCUT2D eigenvalue weighted by molar-refractivity contribution is 6.33. The van der Waals surface area contributed by atoms with Crippen LogP contribution in [-0.2, 0) is 38.2 Å². The SMILES string of the molecule is C/C=C/C=C/C(=O)C[C@]12C(=O)C(OC)=C(C)C(=O)[C@H]1[C@H](C(=O)/C=C/C=C/C)C1=C2C(=O)C(C)=C(OC)C1=O. The van der Waals surface area contributed by atoms with E-state index in [4.69, 9.17) is 9.47 Å². The summed E-state index contributed by atoms with van der Waals surface area (Å²) in [5, 5.41) is 0. The first-order chi connectivity index (χ1) is 18.0. The molecule has 0 aliphatic heterocycles. The molecule has 3 aliphatic rings. The van der Waals surface area contributed by atoms with E-state index in [1.165, 1.54) is 52.4 Å². The van der Waals surface area contributed by atoms with Gasteiger partial charge in [-0.05, 0) is 39.8 Å². The average molecular weight is 519 g/mol. The van der Waals surface area contributed by atoms with Crippen LogP contribution in [0.3, 0.4) is 0 Å². The maximum absolute atomic E-state index is 14.2. The molecule has 0 radical (unpaired) electrons. The number of hydrogen-bond donors (Lipinski definition) is 0. The number of ether oxygens (including phenoxy) is 2. The van der Waals surface area contributed by atoms with Crippen molar-refractivity contribution in [1.29, 1.82) is 0 Å². The van der Waals surface area contributed by atoms with Crippen LogP contribution in [0.1, 0.15) is 34.1 Å². The number of carbonyl (C=O) groups is 6. The lowest BCUT2D eigenvalue weighted by Crippen LogP contribution is -2.51. The predicted octanol–water partition coefficient (Wildman–Crippen LogP) is 3.45. The van der Waals surface area contributed by atoms with E-state index in [-0.39, 0.29) is 33.8 Å². The summed E-state index contributed by atoms with van der Waals surface area (Å²) in [5.74, 6) is -7.67. The van der Waals surface area contributed by atoms with Gasteiger partial charge in [0.05, 0.1) is 31.5 Å². The van der Waals surface area contributed by atoms with E-state index in [1.54, 1.807) is 38.2 Å². The van der Waals surface area contributed by atoms with Gasteiger partial charge < -0.3 is 9.47 Å². The number of carbonyl (C=O) groups excluding carboxylic acids is 6. The standard InChI is InChI=1S/C30H30O8/c1-7-9-11-13-18(31)15-30-22(25(34)17(4)28(38-6)29(30)36)20(19(32)14-12-10-8-2)21-23(30)24(33)16(3)27(37-5)26(21)35/h7-14,20,22H,15H2,1-6H3/b9-7+,10-8+,13-11+,14-12+/t20-,22-,30+/m1/s1. The monoisotopic (exact) mass is 518 g/mol. The van der Waals surface area contributed by atoms with Crippen LogP contribution in [0.4, 0.5) is 0 Å². The van der Waals surface area contributed by atoms with E-state index in [2.05, 4.69) is 0 Å². The molecule has 8 nitrogen and oxygen atoms in total. The van der Waals surface area contributed by atoms with Gasteiger partial charge >= 0.3 is 0 Å². The first-order valence-electron chi connectivity index (χ1n) is 12.1. The Morgan fingerprint density at radius 2 is 1.39 bits per heavy atom. The third-order valence-corrected chi connectivity index (χ3v) is 7.17. The summed E-state index contributed by atoms with van der Waals surface area (Å²) in [4.78, 5) is 82.4. The quantitative estimate of drug-likeness (QED) is 0.259. The maximum atomic E-state index is 14.2. The summed E-state index contributed by atoms with van der Waals surface area (Å²) in [6.45, 7) is 6.26. The van der Waals surface area contributed by atoms with Crippen molar-refractivity contribution in [2.75, 3.05) is 14.2 Å². The Balaban J connectivity index is 2.43. The van der Waals surface area contributed by atoms with E-state index in [9.17, 15) is 28.8 Å². The molecule has 198 valence electrons. The smallest absolute Gasteiger partial charge is 0.225 e. The lowest BCUT2D eigenvalue weighted by molar-refractivity contribution is -0.143. The van der Waals surface area contributed by atoms with Crippen LogP contribution in [0, 0.1) is 17.3 Å². The van der Waals surface area contributed by atoms with Crippen LogP contribution in [0.5, 0.6) is 0 Å². The van der Waals surface area contributed by atoms with Crippen molar-refractivity contribution in [1.82, 2.24) is 0 Å². The third-order valence-electron chi connectivity index (χ3n) is 7.17. The topological polar surface area (TPSA) is 121 Å². The van der Waals surface area contributed by atoms with Gasteiger partial charge in [-0.2, -0.15) is 0 Å². The van der Waals surface area contributed by atoms with E-state index in [0.717, 1.165) is 0 Å². The molecule has 3 atom stereocenters. The largest absolute Gasteiger partial charge is 0.493 e. The Morgan fingerprint density at radius 1 is 0.816 bits per heavy atom. The van der Waals surface area contributed by atoms with Crippen molar-refractivity contribution < 1.29 is 38.2 Å². The van der Waals surface area contributed by atoms with Crippen molar-refractivity contribution in [2.45, 2.75) is 34.1 Å². The molecule has 38 heavy (non-hydrogen) atoms. The van der Waals surface area contributed by atoms with E-state index in [0.29, 0.717) is 0 Å². The highest BCUT2D eigenvalue weighted by Crippen LogP contribution is 2.60. The molecule has 0 aromatic rings. The number of fused-ring (bicyclic) bond motifs is 2. The van der Waals surface area contributed by atoms with Gasteiger partial charge in [0.25, 0.3) is 0 Å². The van der Waals surface area contributed by atoms with Crippen molar-refractivity contribution in [3.63, 3.8) is 0 Å². The Hall–Kier alpha value is -4.20. The molecule has 0 aromatic carbocycles. The highest BCUT2D eigenvalue weighted by atomic mass is 16.5. The number of Topliss-reactive ketones (excluding diaryl/α,β-unsaturated/α-hetero) is 4. The molecule has 0 amide bonds. The molecule has 0 saturated carbocycles. The molecule has 0 bridgehead atoms. The Morgan fingerprint density at radius 3 is 1.95 bits per heavy atom. The molecule has 0 spiro atoms. The molecule has 3 rings (SSSR count). The van der Waals surface area contributed by atoms with E-state index < -0.39 is 58.4 Å². The zero-order valence-electron chi connectivity index (χ0n) is 22.2. The minimum absolute atomic E-state index is 0.0401. The second kappa shape index (κ2) is 11.0. The third kappa shape index (κ3) is 4.20. The molecule has 0 aromatic heterocycles. The molecule has 0 fully saturated rings. The van der Waals surface area contributed by atoms with Gasteiger partial charge in [0, 0.05) is 28.7 Å². The molecule has 8 heteroatoms. The normalized spacial score (nSPS) is 26.1. The van der Waals surface area contributed by atoms with Crippen molar-refractivity contribution in [3.05, 3.63) is 82.4 Å². The lowest BCUT2D eigenvalue weighted by Gasteiger charge is -2.40. The lowest BCUT2D eigenvalue weighted by atomic mass is 9.58. The summed E-state index contributed by atoms with van der Waals surface area (Å²) in [6.07, 6.45) is 11.3. The van der Waals surface area contributed by atoms with Gasteiger partial charge in [-0.1, -0.05) is 36.5 Å². The summed E-state index contributed by atoms with van der Waals surface area (Å²) in [5.41, 5.74) is -2.81. The summed E-state index contributed by atoms with van der Waals surface area (Å²) < 4.78 is 10.5. The van der Waals surface area contributed by atoms with Gasteiger partial charge in [0.15, 0.2) is 34.7 Å². The molecule has 0 heterocycles. The Bertz CT molecular complexity index is 1360. The average Bonchev–Trinajstić information content (AvgIpc) is 3.19. The molecule has 0 saturated heterocycles. The maximum Gasteiger partial charge on any atom is 0.225 e. The van der Waals surface area contributed by atoms with Crippen LogP contribution in [0.25, 0.3) is 0 Å². The Labute approximate surface area is 221 Å². The number of rotatable bonds is 9. The van der Waals surface area contributed by atoms with Gasteiger partial charge in [-0.15, -0.1) is 0 Å². The second-order valence-corrected chi connectivity index (χ2v) is 9.20. The zero-order valence-corrected chi connectivity index (χ0v) is 22.2. The number of allylic oxidation sites excluding steroid dienone is 13. The molecular formula is C30H30O8. The number of methoxy groups -OCH3 is 2. The first-order valence-corrected chi connectivity index (χ1v) is 12.1. The fourth-order valence-electron chi connectivity index (χ4n) is 5.56. The minimum Gasteiger partial charge on any atom is -0.493 e. The van der Waals surface area contributed by atoms with Crippen molar-refractivity contribution in [3.8, 4) is 0 Å². The molecule has 3 aliphatic carbocycles. The van der Waals surface area contributed by atoms with Crippen LogP contribution in [-0.4, -0.2) is 48.9 Å². The zero-order chi connectivity index (χ0) is 28.4.